The Balaban J connectivity index is 0.867. The first-order chi connectivity index (χ1) is 41.7. The van der Waals surface area contributed by atoms with Crippen LogP contribution in [0.15, 0.2) is 303 Å². The molecule has 0 saturated carbocycles. The summed E-state index contributed by atoms with van der Waals surface area (Å²) in [6.45, 7) is 0. The SMILES string of the molecule is c1ccc(-c2ccc(N(c3ccc(-c4cccc5ccccc45)cc3)c3ccc4c5ccccc5n(-c5cc6ccccc6c6sc7c(-c8cccc9c8C8(c%10ccccc%10-c%10ccccc%108)c8ccccc8-9)cccc7c56)c4c3)cc2)cc1. The van der Waals surface area contributed by atoms with E-state index in [0.717, 1.165) is 22.6 Å². The van der Waals surface area contributed by atoms with Crippen LogP contribution in [0.25, 0.3) is 125 Å². The summed E-state index contributed by atoms with van der Waals surface area (Å²) in [6.07, 6.45) is 0. The topological polar surface area (TPSA) is 8.17 Å². The molecule has 14 aromatic carbocycles. The van der Waals surface area contributed by atoms with Crippen LogP contribution in [-0.2, 0) is 5.41 Å². The number of para-hydroxylation sites is 1. The average Bonchev–Trinajstić information content (AvgIpc) is 1.60. The summed E-state index contributed by atoms with van der Waals surface area (Å²) in [5, 5.41) is 9.94. The Kier molecular flexibility index (Phi) is 10.2. The van der Waals surface area contributed by atoms with Gasteiger partial charge in [0.2, 0.25) is 0 Å². The molecule has 3 heteroatoms. The molecule has 0 N–H and O–H groups in total. The third-order valence-corrected chi connectivity index (χ3v) is 19.7. The lowest BCUT2D eigenvalue weighted by Gasteiger charge is -2.32. The van der Waals surface area contributed by atoms with Crippen molar-refractivity contribution in [3.63, 3.8) is 0 Å². The molecule has 16 aromatic rings. The van der Waals surface area contributed by atoms with Crippen molar-refractivity contribution in [1.29, 1.82) is 0 Å². The van der Waals surface area contributed by atoms with E-state index in [1.165, 1.54) is 142 Å². The molecule has 0 bridgehead atoms. The van der Waals surface area contributed by atoms with Gasteiger partial charge in [0.25, 0.3) is 0 Å². The molecule has 1 spiro atoms. The van der Waals surface area contributed by atoms with Crippen LogP contribution in [0, 0.1) is 0 Å². The fourth-order valence-corrected chi connectivity index (χ4v) is 16.3. The van der Waals surface area contributed by atoms with Crippen molar-refractivity contribution in [2.75, 3.05) is 4.90 Å². The second-order valence-corrected chi connectivity index (χ2v) is 23.6. The van der Waals surface area contributed by atoms with E-state index >= 15 is 0 Å². The fraction of sp³-hybridized carbons (Fsp3) is 0.0123. The summed E-state index contributed by atoms with van der Waals surface area (Å²) in [5.74, 6) is 0. The maximum Gasteiger partial charge on any atom is 0.0731 e. The first kappa shape index (κ1) is 47.1. The Morgan fingerprint density at radius 1 is 0.286 bits per heavy atom. The molecule has 2 heterocycles. The van der Waals surface area contributed by atoms with Gasteiger partial charge in [-0.15, -0.1) is 11.3 Å². The van der Waals surface area contributed by atoms with E-state index < -0.39 is 5.41 Å². The number of nitrogens with zero attached hydrogens (tertiary/aromatic N) is 2. The van der Waals surface area contributed by atoms with E-state index in [-0.39, 0.29) is 0 Å². The molecule has 0 atom stereocenters. The van der Waals surface area contributed by atoms with Crippen LogP contribution in [0.2, 0.25) is 0 Å². The Morgan fingerprint density at radius 3 is 1.49 bits per heavy atom. The van der Waals surface area contributed by atoms with E-state index in [1.807, 2.05) is 11.3 Å². The maximum absolute atomic E-state index is 2.57. The molecule has 390 valence electrons. The lowest BCUT2D eigenvalue weighted by molar-refractivity contribution is 0.796. The highest BCUT2D eigenvalue weighted by atomic mass is 32.1. The third-order valence-electron chi connectivity index (χ3n) is 18.4. The van der Waals surface area contributed by atoms with Crippen LogP contribution >= 0.6 is 11.3 Å². The smallest absolute Gasteiger partial charge is 0.0731 e. The van der Waals surface area contributed by atoms with Gasteiger partial charge in [0.15, 0.2) is 0 Å². The molecule has 0 saturated heterocycles. The van der Waals surface area contributed by atoms with E-state index in [4.69, 9.17) is 0 Å². The monoisotopic (exact) mass is 1080 g/mol. The molecule has 84 heavy (non-hydrogen) atoms. The van der Waals surface area contributed by atoms with Crippen molar-refractivity contribution in [1.82, 2.24) is 4.57 Å². The Bertz CT molecular complexity index is 5310. The number of fused-ring (bicyclic) bond motifs is 19. The zero-order valence-electron chi connectivity index (χ0n) is 45.7. The maximum atomic E-state index is 2.57. The van der Waals surface area contributed by atoms with Crippen molar-refractivity contribution < 1.29 is 0 Å². The number of hydrogen-bond donors (Lipinski definition) is 0. The Hall–Kier alpha value is -10.6. The highest BCUT2D eigenvalue weighted by molar-refractivity contribution is 7.27. The Morgan fingerprint density at radius 2 is 0.762 bits per heavy atom. The van der Waals surface area contributed by atoms with E-state index in [9.17, 15) is 0 Å². The van der Waals surface area contributed by atoms with Crippen LogP contribution in [0.4, 0.5) is 17.1 Å². The zero-order chi connectivity index (χ0) is 55.0. The van der Waals surface area contributed by atoms with Crippen molar-refractivity contribution >= 4 is 91.9 Å². The number of aromatic nitrogens is 1. The second kappa shape index (κ2) is 18.2. The molecule has 0 fully saturated rings. The fourth-order valence-electron chi connectivity index (χ4n) is 14.9. The molecule has 0 aliphatic heterocycles. The summed E-state index contributed by atoms with van der Waals surface area (Å²) in [4.78, 5) is 2.43. The van der Waals surface area contributed by atoms with Gasteiger partial charge in [-0.25, -0.2) is 0 Å². The van der Waals surface area contributed by atoms with Crippen molar-refractivity contribution in [2.45, 2.75) is 5.41 Å². The highest BCUT2D eigenvalue weighted by Crippen LogP contribution is 2.65. The standard InChI is InChI=1S/C81H50N2S/c1-2-19-51(20-3-1)52-39-43-56(44-40-52)82(57-45-41-54(42-46-57)60-30-16-23-53-21-4-6-24-59(53)60)58-47-48-66-65-29-11-15-38-74(65)83(75(66)50-58)76-49-55-22-5-7-25-61(55)80-77(76)70-34-18-33-69(79(70)84-80)68-32-17-31-67-64-28-10-14-37-73(64)81(78(67)68)71-35-12-8-26-62(71)63-27-9-13-36-72(63)81/h1-50H. The summed E-state index contributed by atoms with van der Waals surface area (Å²) >= 11 is 1.95. The molecule has 0 unspecified atom stereocenters. The van der Waals surface area contributed by atoms with Gasteiger partial charge in [-0.2, -0.15) is 0 Å². The molecule has 2 aliphatic carbocycles. The van der Waals surface area contributed by atoms with Crippen LogP contribution in [0.3, 0.4) is 0 Å². The van der Waals surface area contributed by atoms with Crippen LogP contribution in [0.5, 0.6) is 0 Å². The highest BCUT2D eigenvalue weighted by Gasteiger charge is 2.52. The third kappa shape index (κ3) is 6.67. The minimum Gasteiger partial charge on any atom is -0.310 e. The van der Waals surface area contributed by atoms with Crippen LogP contribution in [0.1, 0.15) is 22.3 Å². The number of anilines is 3. The first-order valence-corrected chi connectivity index (χ1v) is 29.9. The van der Waals surface area contributed by atoms with Gasteiger partial charge >= 0.3 is 0 Å². The summed E-state index contributed by atoms with van der Waals surface area (Å²) in [5.41, 5.74) is 24.3. The number of hydrogen-bond acceptors (Lipinski definition) is 2. The molecule has 2 aliphatic rings. The predicted molar refractivity (Wildman–Crippen MR) is 356 cm³/mol. The predicted octanol–water partition coefficient (Wildman–Crippen LogP) is 22.3. The molecular formula is C81H50N2S. The largest absolute Gasteiger partial charge is 0.310 e. The van der Waals surface area contributed by atoms with Crippen LogP contribution in [-0.4, -0.2) is 4.57 Å². The average molecular weight is 1080 g/mol. The minimum atomic E-state index is -0.482. The molecular weight excluding hydrogens is 1030 g/mol. The van der Waals surface area contributed by atoms with Gasteiger partial charge in [0.05, 0.1) is 22.1 Å². The molecule has 2 aromatic heterocycles. The zero-order valence-corrected chi connectivity index (χ0v) is 46.5. The van der Waals surface area contributed by atoms with Crippen molar-refractivity contribution in [2.24, 2.45) is 0 Å². The number of thiophene rings is 1. The molecule has 18 rings (SSSR count). The first-order valence-electron chi connectivity index (χ1n) is 29.1. The van der Waals surface area contributed by atoms with Gasteiger partial charge in [0, 0.05) is 48.0 Å². The molecule has 0 amide bonds. The van der Waals surface area contributed by atoms with Gasteiger partial charge < -0.3 is 9.47 Å². The van der Waals surface area contributed by atoms with Crippen LogP contribution < -0.4 is 4.90 Å². The molecule has 2 nitrogen and oxygen atoms in total. The summed E-state index contributed by atoms with van der Waals surface area (Å²) in [6, 6.07) is 113. The van der Waals surface area contributed by atoms with Crippen molar-refractivity contribution in [3.05, 3.63) is 326 Å². The van der Waals surface area contributed by atoms with Gasteiger partial charge in [-0.05, 0) is 148 Å². The second-order valence-electron chi connectivity index (χ2n) is 22.6. The summed E-state index contributed by atoms with van der Waals surface area (Å²) < 4.78 is 5.16. The van der Waals surface area contributed by atoms with E-state index in [0.29, 0.717) is 0 Å². The Labute approximate surface area is 490 Å². The van der Waals surface area contributed by atoms with E-state index in [1.54, 1.807) is 0 Å². The molecule has 0 radical (unpaired) electrons. The quantitative estimate of drug-likeness (QED) is 0.154. The summed E-state index contributed by atoms with van der Waals surface area (Å²) in [7, 11) is 0. The number of rotatable bonds is 7. The van der Waals surface area contributed by atoms with E-state index in [2.05, 4.69) is 313 Å². The number of benzene rings is 14. The lowest BCUT2D eigenvalue weighted by atomic mass is 9.68. The van der Waals surface area contributed by atoms with Gasteiger partial charge in [-0.1, -0.05) is 255 Å². The minimum absolute atomic E-state index is 0.482. The van der Waals surface area contributed by atoms with Gasteiger partial charge in [-0.3, -0.25) is 0 Å². The van der Waals surface area contributed by atoms with Gasteiger partial charge in [0.1, 0.15) is 0 Å². The normalized spacial score (nSPS) is 12.9. The van der Waals surface area contributed by atoms with Crippen molar-refractivity contribution in [3.8, 4) is 61.3 Å². The lowest BCUT2D eigenvalue weighted by Crippen LogP contribution is -2.26.